The molecule has 9 heteroatoms. The number of carbonyl (C=O) groups is 3. The van der Waals surface area contributed by atoms with Crippen molar-refractivity contribution >= 4 is 24.1 Å². The number of allylic oxidation sites excluding steroid dienone is 4. The third-order valence-electron chi connectivity index (χ3n) is 3.64. The Balaban J connectivity index is -0.00000105. The van der Waals surface area contributed by atoms with E-state index in [-0.39, 0.29) is 30.3 Å². The molecular formula is C27H42N4O5. The smallest absolute Gasteiger partial charge is 0.305 e. The van der Waals surface area contributed by atoms with Crippen molar-refractivity contribution in [3.8, 4) is 6.07 Å². The third-order valence-corrected chi connectivity index (χ3v) is 3.64. The number of esters is 1. The number of rotatable bonds is 10. The van der Waals surface area contributed by atoms with E-state index in [4.69, 9.17) is 9.53 Å². The fourth-order valence-electron chi connectivity index (χ4n) is 1.96. The number of ether oxygens (including phenoxy) is 2. The summed E-state index contributed by atoms with van der Waals surface area (Å²) in [6, 6.07) is 5.49. The molecule has 2 amide bonds. The first-order chi connectivity index (χ1) is 17.2. The van der Waals surface area contributed by atoms with Crippen LogP contribution in [0, 0.1) is 18.3 Å². The Bertz CT molecular complexity index is 869. The van der Waals surface area contributed by atoms with Gasteiger partial charge in [-0.2, -0.15) is 5.26 Å². The molecule has 0 aliphatic rings. The summed E-state index contributed by atoms with van der Waals surface area (Å²) in [7, 11) is 2.88. The predicted molar refractivity (Wildman–Crippen MR) is 144 cm³/mol. The predicted octanol–water partition coefficient (Wildman–Crippen LogP) is 5.01. The van der Waals surface area contributed by atoms with E-state index in [0.29, 0.717) is 18.6 Å². The van der Waals surface area contributed by atoms with Gasteiger partial charge in [0.2, 0.25) is 6.41 Å². The van der Waals surface area contributed by atoms with Crippen LogP contribution < -0.4 is 10.6 Å². The van der Waals surface area contributed by atoms with E-state index in [2.05, 4.69) is 40.8 Å². The van der Waals surface area contributed by atoms with Gasteiger partial charge < -0.3 is 20.1 Å². The average Bonchev–Trinajstić information content (AvgIpc) is 2.90. The van der Waals surface area contributed by atoms with Gasteiger partial charge in [-0.05, 0) is 38.0 Å². The molecule has 200 valence electrons. The molecule has 0 aliphatic carbocycles. The highest BCUT2D eigenvalue weighted by Crippen LogP contribution is 2.16. The number of hydrogen-bond acceptors (Lipinski definition) is 7. The zero-order valence-corrected chi connectivity index (χ0v) is 22.9. The van der Waals surface area contributed by atoms with Crippen molar-refractivity contribution in [1.82, 2.24) is 10.3 Å². The number of aryl methyl sites for hydroxylation is 1. The van der Waals surface area contributed by atoms with Crippen LogP contribution in [0.15, 0.2) is 54.0 Å². The minimum absolute atomic E-state index is 0.0712. The highest BCUT2D eigenvalue weighted by atomic mass is 16.5. The number of carbonyl (C=O) groups excluding carboxylic acids is 3. The molecule has 0 atom stereocenters. The van der Waals surface area contributed by atoms with Gasteiger partial charge >= 0.3 is 5.97 Å². The molecule has 1 aromatic heterocycles. The van der Waals surface area contributed by atoms with Crippen LogP contribution in [0.3, 0.4) is 0 Å². The van der Waals surface area contributed by atoms with Gasteiger partial charge in [0.05, 0.1) is 12.7 Å². The van der Waals surface area contributed by atoms with E-state index in [1.54, 1.807) is 38.4 Å². The Morgan fingerprint density at radius 1 is 1.22 bits per heavy atom. The first-order valence-corrected chi connectivity index (χ1v) is 11.7. The number of nitrogens with zero attached hydrogens (tertiary/aromatic N) is 2. The number of amides is 2. The van der Waals surface area contributed by atoms with Crippen molar-refractivity contribution in [3.63, 3.8) is 0 Å². The first-order valence-electron chi connectivity index (χ1n) is 11.7. The molecule has 9 nitrogen and oxygen atoms in total. The molecule has 0 bridgehead atoms. The van der Waals surface area contributed by atoms with Gasteiger partial charge in [0.1, 0.15) is 17.6 Å². The molecule has 1 aromatic rings. The van der Waals surface area contributed by atoms with Crippen molar-refractivity contribution in [1.29, 1.82) is 5.26 Å². The van der Waals surface area contributed by atoms with Crippen LogP contribution in [-0.4, -0.2) is 44.0 Å². The zero-order valence-electron chi connectivity index (χ0n) is 22.9. The van der Waals surface area contributed by atoms with Crippen LogP contribution in [0.2, 0.25) is 0 Å². The van der Waals surface area contributed by atoms with Gasteiger partial charge in [0, 0.05) is 19.7 Å². The number of pyridine rings is 1. The molecule has 0 radical (unpaired) electrons. The standard InChI is InChI=1S/C20H23N3O4.C3H8.C2H5NO.C2H6/c1-5-16(7-9-20(25)26-4)10-17(11-21)15(3)27-13-19(24)23-18-8-6-14(2)12-22-18;1-3-2;1-3-2-4;1-2/h5-6,8,10,12H,3,7,9,13H2,1-2,4H3,(H,22,23,24);3H2,1-2H3;2H,1H3,(H,3,4);1-2H3/b16-5-,17-10-;;;. The SMILES string of the molecule is C=C(OCC(=O)Nc1ccc(C)cn1)/C(C#N)=C\C(=C/C)CCC(=O)OC.CC.CCC.CNC=O. The molecule has 36 heavy (non-hydrogen) atoms. The summed E-state index contributed by atoms with van der Waals surface area (Å²) >= 11 is 0. The number of hydrogen-bond donors (Lipinski definition) is 2. The van der Waals surface area contributed by atoms with Crippen LogP contribution >= 0.6 is 0 Å². The summed E-state index contributed by atoms with van der Waals surface area (Å²) in [6.07, 6.45) is 7.48. The number of methoxy groups -OCH3 is 1. The summed E-state index contributed by atoms with van der Waals surface area (Å²) in [4.78, 5) is 36.3. The lowest BCUT2D eigenvalue weighted by Gasteiger charge is -2.09. The van der Waals surface area contributed by atoms with Gasteiger partial charge in [-0.1, -0.05) is 58.4 Å². The highest BCUT2D eigenvalue weighted by Gasteiger charge is 2.10. The van der Waals surface area contributed by atoms with Crippen LogP contribution in [0.4, 0.5) is 5.82 Å². The van der Waals surface area contributed by atoms with Crippen molar-refractivity contribution in [3.05, 3.63) is 59.5 Å². The normalized spacial score (nSPS) is 9.75. The molecule has 0 saturated heterocycles. The van der Waals surface area contributed by atoms with Gasteiger partial charge in [-0.15, -0.1) is 0 Å². The van der Waals surface area contributed by atoms with Crippen LogP contribution in [0.1, 0.15) is 59.4 Å². The van der Waals surface area contributed by atoms with Crippen molar-refractivity contribution < 1.29 is 23.9 Å². The minimum Gasteiger partial charge on any atom is -0.483 e. The molecule has 0 spiro atoms. The van der Waals surface area contributed by atoms with Crippen LogP contribution in [0.5, 0.6) is 0 Å². The average molecular weight is 503 g/mol. The molecule has 1 rings (SSSR count). The second-order valence-corrected chi connectivity index (χ2v) is 6.70. The summed E-state index contributed by atoms with van der Waals surface area (Å²) in [6.45, 7) is 15.3. The Labute approximate surface area is 216 Å². The molecule has 2 N–H and O–H groups in total. The van der Waals surface area contributed by atoms with E-state index in [0.717, 1.165) is 11.1 Å². The maximum atomic E-state index is 11.9. The highest BCUT2D eigenvalue weighted by molar-refractivity contribution is 5.90. The number of nitriles is 1. The third kappa shape index (κ3) is 20.7. The van der Waals surface area contributed by atoms with Crippen molar-refractivity contribution in [2.75, 3.05) is 26.1 Å². The first kappa shape index (κ1) is 36.6. The molecule has 0 fully saturated rings. The lowest BCUT2D eigenvalue weighted by atomic mass is 10.1. The second kappa shape index (κ2) is 25.7. The summed E-state index contributed by atoms with van der Waals surface area (Å²) < 4.78 is 9.90. The lowest BCUT2D eigenvalue weighted by molar-refractivity contribution is -0.140. The Kier molecular flexibility index (Phi) is 26.1. The van der Waals surface area contributed by atoms with Gasteiger partial charge in [0.15, 0.2) is 6.61 Å². The van der Waals surface area contributed by atoms with E-state index in [1.807, 2.05) is 32.9 Å². The van der Waals surface area contributed by atoms with Gasteiger partial charge in [0.25, 0.3) is 5.91 Å². The van der Waals surface area contributed by atoms with Gasteiger partial charge in [-0.25, -0.2) is 4.98 Å². The Hall–Kier alpha value is -3.93. The molecule has 0 saturated carbocycles. The zero-order chi connectivity index (χ0) is 28.4. The number of aromatic nitrogens is 1. The van der Waals surface area contributed by atoms with Crippen LogP contribution in [0.25, 0.3) is 0 Å². The Morgan fingerprint density at radius 2 is 1.81 bits per heavy atom. The van der Waals surface area contributed by atoms with E-state index >= 15 is 0 Å². The topological polar surface area (TPSA) is 130 Å². The number of anilines is 1. The van der Waals surface area contributed by atoms with Crippen molar-refractivity contribution in [2.45, 2.75) is 60.8 Å². The lowest BCUT2D eigenvalue weighted by Crippen LogP contribution is -2.19. The maximum absolute atomic E-state index is 11.9. The minimum atomic E-state index is -0.415. The second-order valence-electron chi connectivity index (χ2n) is 6.70. The largest absolute Gasteiger partial charge is 0.483 e. The monoisotopic (exact) mass is 502 g/mol. The quantitative estimate of drug-likeness (QED) is 0.151. The van der Waals surface area contributed by atoms with E-state index in [1.165, 1.54) is 13.5 Å². The Morgan fingerprint density at radius 3 is 2.22 bits per heavy atom. The molecule has 0 aromatic carbocycles. The molecular weight excluding hydrogens is 460 g/mol. The molecule has 0 aliphatic heterocycles. The fraction of sp³-hybridized carbons (Fsp3) is 0.444. The van der Waals surface area contributed by atoms with E-state index < -0.39 is 5.91 Å². The summed E-state index contributed by atoms with van der Waals surface area (Å²) in [5.41, 5.74) is 1.91. The van der Waals surface area contributed by atoms with Crippen molar-refractivity contribution in [2.24, 2.45) is 0 Å². The van der Waals surface area contributed by atoms with Crippen LogP contribution in [-0.2, 0) is 23.9 Å². The summed E-state index contributed by atoms with van der Waals surface area (Å²) in [5.74, 6) is -0.267. The van der Waals surface area contributed by atoms with E-state index in [9.17, 15) is 14.9 Å². The molecule has 1 heterocycles. The number of nitrogens with one attached hydrogen (secondary N) is 2. The molecule has 0 unspecified atom stereocenters. The summed E-state index contributed by atoms with van der Waals surface area (Å²) in [5, 5.41) is 14.1. The van der Waals surface area contributed by atoms with Gasteiger partial charge in [-0.3, -0.25) is 14.4 Å². The fourth-order valence-corrected chi connectivity index (χ4v) is 1.96. The maximum Gasteiger partial charge on any atom is 0.305 e.